The fourth-order valence-electron chi connectivity index (χ4n) is 2.46. The summed E-state index contributed by atoms with van der Waals surface area (Å²) in [5, 5.41) is 3.23. The van der Waals surface area contributed by atoms with Gasteiger partial charge in [0.2, 0.25) is 11.8 Å². The maximum Gasteiger partial charge on any atom is 0.238 e. The minimum Gasteiger partial charge on any atom is -0.340 e. The molecule has 6 heteroatoms. The van der Waals surface area contributed by atoms with Crippen LogP contribution < -0.4 is 5.32 Å². The van der Waals surface area contributed by atoms with Gasteiger partial charge in [0.15, 0.2) is 0 Å². The summed E-state index contributed by atoms with van der Waals surface area (Å²) in [5.41, 5.74) is 2.83. The Morgan fingerprint density at radius 1 is 1.00 bits per heavy atom. The number of likely N-dealkylation sites (N-methyl/N-ethyl adjacent to an activating group) is 2. The summed E-state index contributed by atoms with van der Waals surface area (Å²) >= 11 is 6.03. The smallest absolute Gasteiger partial charge is 0.238 e. The van der Waals surface area contributed by atoms with Gasteiger partial charge in [-0.05, 0) is 31.7 Å². The number of nitrogens with zero attached hydrogens (tertiary/aromatic N) is 2. The molecule has 0 fully saturated rings. The molecule has 0 aromatic heterocycles. The zero-order valence-corrected chi connectivity index (χ0v) is 16.1. The number of rotatable bonds is 7. The first-order valence-electron chi connectivity index (χ1n) is 8.37. The lowest BCUT2D eigenvalue weighted by atomic mass is 10.1. The van der Waals surface area contributed by atoms with E-state index in [0.29, 0.717) is 17.3 Å². The summed E-state index contributed by atoms with van der Waals surface area (Å²) in [5.74, 6) is -0.256. The van der Waals surface area contributed by atoms with Gasteiger partial charge in [0.25, 0.3) is 0 Å². The van der Waals surface area contributed by atoms with Crippen molar-refractivity contribution in [3.63, 3.8) is 0 Å². The molecule has 0 radical (unpaired) electrons. The Balaban J connectivity index is 1.81. The van der Waals surface area contributed by atoms with Crippen LogP contribution in [0.3, 0.4) is 0 Å². The van der Waals surface area contributed by atoms with Gasteiger partial charge in [-0.15, -0.1) is 0 Å². The third kappa shape index (κ3) is 6.17. The molecule has 26 heavy (non-hydrogen) atoms. The van der Waals surface area contributed by atoms with Crippen LogP contribution in [0.2, 0.25) is 5.02 Å². The highest BCUT2D eigenvalue weighted by molar-refractivity contribution is 6.33. The summed E-state index contributed by atoms with van der Waals surface area (Å²) in [7, 11) is 3.50. The second kappa shape index (κ2) is 9.36. The zero-order chi connectivity index (χ0) is 19.1. The van der Waals surface area contributed by atoms with Gasteiger partial charge >= 0.3 is 0 Å². The molecular formula is C20H24ClN3O2. The lowest BCUT2D eigenvalue weighted by Crippen LogP contribution is -2.39. The first kappa shape index (κ1) is 19.9. The van der Waals surface area contributed by atoms with E-state index < -0.39 is 0 Å². The van der Waals surface area contributed by atoms with Crippen LogP contribution in [-0.4, -0.2) is 48.8 Å². The van der Waals surface area contributed by atoms with Crippen LogP contribution in [0.15, 0.2) is 48.5 Å². The van der Waals surface area contributed by atoms with Gasteiger partial charge in [0.1, 0.15) is 0 Å². The highest BCUT2D eigenvalue weighted by Gasteiger charge is 2.15. The Labute approximate surface area is 159 Å². The Kier molecular flexibility index (Phi) is 7.18. The molecule has 0 bridgehead atoms. The largest absolute Gasteiger partial charge is 0.340 e. The van der Waals surface area contributed by atoms with Crippen LogP contribution in [0.5, 0.6) is 0 Å². The van der Waals surface area contributed by atoms with E-state index in [0.717, 1.165) is 5.56 Å². The number of amides is 2. The van der Waals surface area contributed by atoms with E-state index in [1.54, 1.807) is 48.2 Å². The number of aryl methyl sites for hydroxylation is 1. The first-order chi connectivity index (χ1) is 12.3. The molecular weight excluding hydrogens is 350 g/mol. The second-order valence-electron chi connectivity index (χ2n) is 6.44. The molecule has 0 saturated heterocycles. The Morgan fingerprint density at radius 2 is 1.65 bits per heavy atom. The number of hydrogen-bond donors (Lipinski definition) is 1. The Morgan fingerprint density at radius 3 is 2.31 bits per heavy atom. The molecule has 2 rings (SSSR count). The molecule has 2 aromatic rings. The van der Waals surface area contributed by atoms with Crippen molar-refractivity contribution in [3.8, 4) is 0 Å². The predicted octanol–water partition coefficient (Wildman–Crippen LogP) is 3.18. The summed E-state index contributed by atoms with van der Waals surface area (Å²) in [6.07, 6.45) is 0. The van der Waals surface area contributed by atoms with Crippen LogP contribution in [0, 0.1) is 6.92 Å². The number of para-hydroxylation sites is 1. The predicted molar refractivity (Wildman–Crippen MR) is 105 cm³/mol. The van der Waals surface area contributed by atoms with Crippen molar-refractivity contribution < 1.29 is 9.59 Å². The van der Waals surface area contributed by atoms with Gasteiger partial charge in [-0.2, -0.15) is 0 Å². The molecule has 0 aliphatic heterocycles. The average molecular weight is 374 g/mol. The fraction of sp³-hybridized carbons (Fsp3) is 0.300. The van der Waals surface area contributed by atoms with E-state index in [1.165, 1.54) is 5.56 Å². The number of benzene rings is 2. The van der Waals surface area contributed by atoms with Gasteiger partial charge in [-0.3, -0.25) is 14.5 Å². The molecule has 2 aromatic carbocycles. The molecule has 1 N–H and O–H groups in total. The molecule has 0 saturated carbocycles. The number of anilines is 1. The zero-order valence-electron chi connectivity index (χ0n) is 15.3. The van der Waals surface area contributed by atoms with E-state index in [1.807, 2.05) is 31.2 Å². The van der Waals surface area contributed by atoms with Crippen LogP contribution >= 0.6 is 11.6 Å². The summed E-state index contributed by atoms with van der Waals surface area (Å²) in [4.78, 5) is 27.8. The van der Waals surface area contributed by atoms with E-state index >= 15 is 0 Å². The highest BCUT2D eigenvalue weighted by Crippen LogP contribution is 2.20. The monoisotopic (exact) mass is 373 g/mol. The topological polar surface area (TPSA) is 52.7 Å². The Bertz CT molecular complexity index is 762. The number of carbonyl (C=O) groups is 2. The van der Waals surface area contributed by atoms with Crippen LogP contribution in [0.1, 0.15) is 11.1 Å². The van der Waals surface area contributed by atoms with E-state index in [2.05, 4.69) is 5.32 Å². The van der Waals surface area contributed by atoms with Crippen LogP contribution in [-0.2, 0) is 16.1 Å². The highest BCUT2D eigenvalue weighted by atomic mass is 35.5. The van der Waals surface area contributed by atoms with Crippen molar-refractivity contribution in [1.82, 2.24) is 9.80 Å². The molecule has 0 spiro atoms. The maximum absolute atomic E-state index is 12.4. The first-order valence-corrected chi connectivity index (χ1v) is 8.75. The van der Waals surface area contributed by atoms with Gasteiger partial charge < -0.3 is 10.2 Å². The second-order valence-corrected chi connectivity index (χ2v) is 6.84. The summed E-state index contributed by atoms with van der Waals surface area (Å²) in [6.45, 7) is 2.84. The molecule has 138 valence electrons. The van der Waals surface area contributed by atoms with Crippen molar-refractivity contribution in [1.29, 1.82) is 0 Å². The standard InChI is InChI=1S/C20H24ClN3O2/c1-15-8-10-16(11-9-15)12-24(3)20(26)14-23(2)13-19(25)22-18-7-5-4-6-17(18)21/h4-11H,12-14H2,1-3H3,(H,22,25). The minimum atomic E-state index is -0.213. The summed E-state index contributed by atoms with van der Waals surface area (Å²) < 4.78 is 0. The van der Waals surface area contributed by atoms with Gasteiger partial charge in [-0.25, -0.2) is 0 Å². The normalized spacial score (nSPS) is 10.7. The van der Waals surface area contributed by atoms with Gasteiger partial charge in [0, 0.05) is 13.6 Å². The molecule has 0 atom stereocenters. The lowest BCUT2D eigenvalue weighted by Gasteiger charge is -2.22. The number of carbonyl (C=O) groups excluding carboxylic acids is 2. The third-order valence-corrected chi connectivity index (χ3v) is 4.26. The summed E-state index contributed by atoms with van der Waals surface area (Å²) in [6, 6.07) is 15.1. The molecule has 0 heterocycles. The lowest BCUT2D eigenvalue weighted by molar-refractivity contribution is -0.131. The fourth-order valence-corrected chi connectivity index (χ4v) is 2.64. The van der Waals surface area contributed by atoms with Crippen molar-refractivity contribution >= 4 is 29.1 Å². The Hall–Kier alpha value is -2.37. The SMILES string of the molecule is Cc1ccc(CN(C)C(=O)CN(C)CC(=O)Nc2ccccc2Cl)cc1. The molecule has 0 unspecified atom stereocenters. The molecule has 2 amide bonds. The molecule has 5 nitrogen and oxygen atoms in total. The van der Waals surface area contributed by atoms with Gasteiger partial charge in [0.05, 0.1) is 23.8 Å². The van der Waals surface area contributed by atoms with Crippen LogP contribution in [0.25, 0.3) is 0 Å². The van der Waals surface area contributed by atoms with Gasteiger partial charge in [-0.1, -0.05) is 53.6 Å². The van der Waals surface area contributed by atoms with Crippen LogP contribution in [0.4, 0.5) is 5.69 Å². The van der Waals surface area contributed by atoms with E-state index in [4.69, 9.17) is 11.6 Å². The van der Waals surface area contributed by atoms with E-state index in [-0.39, 0.29) is 24.9 Å². The van der Waals surface area contributed by atoms with Crippen molar-refractivity contribution in [2.75, 3.05) is 32.5 Å². The number of nitrogens with one attached hydrogen (secondary N) is 1. The maximum atomic E-state index is 12.4. The van der Waals surface area contributed by atoms with E-state index in [9.17, 15) is 9.59 Å². The molecule has 0 aliphatic rings. The van der Waals surface area contributed by atoms with Crippen molar-refractivity contribution in [3.05, 3.63) is 64.7 Å². The number of halogens is 1. The average Bonchev–Trinajstić information content (AvgIpc) is 2.58. The molecule has 0 aliphatic carbocycles. The van der Waals surface area contributed by atoms with Crippen molar-refractivity contribution in [2.45, 2.75) is 13.5 Å². The quantitative estimate of drug-likeness (QED) is 0.811. The van der Waals surface area contributed by atoms with Crippen molar-refractivity contribution in [2.24, 2.45) is 0 Å². The minimum absolute atomic E-state index is 0.0429. The number of hydrogen-bond acceptors (Lipinski definition) is 3. The third-order valence-electron chi connectivity index (χ3n) is 3.93.